The summed E-state index contributed by atoms with van der Waals surface area (Å²) < 4.78 is 5.16. The van der Waals surface area contributed by atoms with Gasteiger partial charge in [-0.3, -0.25) is 5.43 Å². The lowest BCUT2D eigenvalue weighted by Gasteiger charge is -2.06. The van der Waals surface area contributed by atoms with Crippen LogP contribution in [0.4, 0.5) is 5.69 Å². The van der Waals surface area contributed by atoms with Crippen molar-refractivity contribution >= 4 is 23.8 Å². The summed E-state index contributed by atoms with van der Waals surface area (Å²) in [5.74, 6) is -1.70. The molecule has 0 aliphatic heterocycles. The summed E-state index contributed by atoms with van der Waals surface area (Å²) >= 11 is 0. The van der Waals surface area contributed by atoms with Crippen molar-refractivity contribution in [1.29, 1.82) is 0 Å². The molecule has 7 heteroatoms. The number of hydrazone groups is 1. The summed E-state index contributed by atoms with van der Waals surface area (Å²) in [6, 6.07) is 13.0. The Labute approximate surface area is 131 Å². The van der Waals surface area contributed by atoms with Gasteiger partial charge in [-0.25, -0.2) is 9.59 Å². The molecule has 0 aliphatic carbocycles. The zero-order chi connectivity index (χ0) is 16.7. The van der Waals surface area contributed by atoms with Crippen molar-refractivity contribution in [3.63, 3.8) is 0 Å². The van der Waals surface area contributed by atoms with Crippen molar-refractivity contribution in [2.45, 2.75) is 0 Å². The van der Waals surface area contributed by atoms with E-state index in [1.807, 2.05) is 0 Å². The summed E-state index contributed by atoms with van der Waals surface area (Å²) in [5.41, 5.74) is 3.98. The van der Waals surface area contributed by atoms with Gasteiger partial charge >= 0.3 is 11.9 Å². The Bertz CT molecular complexity index is 743. The molecule has 0 spiro atoms. The first-order valence-corrected chi connectivity index (χ1v) is 6.62. The van der Waals surface area contributed by atoms with Crippen LogP contribution in [0.2, 0.25) is 0 Å². The number of para-hydroxylation sites is 1. The van der Waals surface area contributed by atoms with Gasteiger partial charge in [-0.05, 0) is 30.3 Å². The molecule has 7 nitrogen and oxygen atoms in total. The highest BCUT2D eigenvalue weighted by Crippen LogP contribution is 2.16. The van der Waals surface area contributed by atoms with Crippen LogP contribution >= 0.6 is 0 Å². The van der Waals surface area contributed by atoms with Gasteiger partial charge in [0.1, 0.15) is 5.75 Å². The Kier molecular flexibility index (Phi) is 5.30. The molecule has 0 radical (unpaired) electrons. The Morgan fingerprint density at radius 2 is 1.91 bits per heavy atom. The van der Waals surface area contributed by atoms with Crippen LogP contribution < -0.4 is 10.2 Å². The average molecular weight is 314 g/mol. The molecular formula is C16H14N2O5. The maximum atomic E-state index is 10.9. The number of carboxylic acid groups (broad SMARTS) is 2. The van der Waals surface area contributed by atoms with Crippen molar-refractivity contribution in [2.75, 3.05) is 12.0 Å². The Balaban J connectivity index is 2.07. The number of hydrogen-bond donors (Lipinski definition) is 3. The minimum absolute atomic E-state index is 0.149. The Hall–Kier alpha value is -3.35. The normalized spacial score (nSPS) is 10.4. The lowest BCUT2D eigenvalue weighted by molar-refractivity contribution is -0.139. The van der Waals surface area contributed by atoms with Crippen LogP contribution in [0.25, 0.3) is 0 Å². The third-order valence-electron chi connectivity index (χ3n) is 2.78. The lowest BCUT2D eigenvalue weighted by atomic mass is 10.2. The van der Waals surface area contributed by atoms with Crippen LogP contribution in [0.5, 0.6) is 5.75 Å². The first-order chi connectivity index (χ1) is 11.1. The van der Waals surface area contributed by atoms with Crippen molar-refractivity contribution in [2.24, 2.45) is 5.10 Å². The van der Waals surface area contributed by atoms with Crippen molar-refractivity contribution in [3.8, 4) is 5.75 Å². The van der Waals surface area contributed by atoms with Crippen molar-refractivity contribution < 1.29 is 24.5 Å². The number of aromatic carboxylic acids is 1. The fourth-order valence-electron chi connectivity index (χ4n) is 1.76. The zero-order valence-electron chi connectivity index (χ0n) is 12.0. The number of anilines is 1. The predicted octanol–water partition coefficient (Wildman–Crippen LogP) is 2.29. The molecule has 0 saturated heterocycles. The van der Waals surface area contributed by atoms with E-state index in [0.29, 0.717) is 17.0 Å². The van der Waals surface area contributed by atoms with Crippen LogP contribution in [-0.2, 0) is 4.79 Å². The largest absolute Gasteiger partial charge is 0.481 e. The topological polar surface area (TPSA) is 108 Å². The van der Waals surface area contributed by atoms with E-state index in [2.05, 4.69) is 10.5 Å². The van der Waals surface area contributed by atoms with E-state index in [-0.39, 0.29) is 5.56 Å². The fourth-order valence-corrected chi connectivity index (χ4v) is 1.76. The van der Waals surface area contributed by atoms with Gasteiger partial charge in [-0.2, -0.15) is 5.10 Å². The molecule has 0 atom stereocenters. The molecule has 0 amide bonds. The number of carboxylic acids is 2. The third-order valence-corrected chi connectivity index (χ3v) is 2.78. The Morgan fingerprint density at radius 3 is 2.65 bits per heavy atom. The zero-order valence-corrected chi connectivity index (χ0v) is 12.0. The number of benzene rings is 2. The first kappa shape index (κ1) is 16.0. The molecule has 0 aliphatic rings. The standard InChI is InChI=1S/C16H14N2O5/c19-15(20)10-23-14-7-2-1-4-12(14)9-17-18-13-6-3-5-11(8-13)16(21)22/h1-9,18H,10H2,(H,19,20)(H,21,22)/b17-9+. The smallest absolute Gasteiger partial charge is 0.341 e. The second kappa shape index (κ2) is 7.60. The number of carbonyl (C=O) groups is 2. The maximum Gasteiger partial charge on any atom is 0.341 e. The number of nitrogens with one attached hydrogen (secondary N) is 1. The molecule has 0 fully saturated rings. The second-order valence-electron chi connectivity index (χ2n) is 4.48. The molecule has 0 aromatic heterocycles. The minimum Gasteiger partial charge on any atom is -0.481 e. The molecule has 2 rings (SSSR count). The quantitative estimate of drug-likeness (QED) is 0.534. The monoisotopic (exact) mass is 314 g/mol. The Morgan fingerprint density at radius 1 is 1.13 bits per heavy atom. The van der Waals surface area contributed by atoms with E-state index >= 15 is 0 Å². The van der Waals surface area contributed by atoms with Crippen LogP contribution in [0.1, 0.15) is 15.9 Å². The summed E-state index contributed by atoms with van der Waals surface area (Å²) in [4.78, 5) is 21.4. The van der Waals surface area contributed by atoms with E-state index in [0.717, 1.165) is 0 Å². The molecule has 0 bridgehead atoms. The van der Waals surface area contributed by atoms with Crippen LogP contribution in [-0.4, -0.2) is 35.0 Å². The second-order valence-corrected chi connectivity index (χ2v) is 4.48. The molecule has 2 aromatic carbocycles. The number of hydrogen-bond acceptors (Lipinski definition) is 5. The van der Waals surface area contributed by atoms with Gasteiger partial charge in [0, 0.05) is 5.56 Å². The fraction of sp³-hybridized carbons (Fsp3) is 0.0625. The minimum atomic E-state index is -1.07. The van der Waals surface area contributed by atoms with Crippen molar-refractivity contribution in [3.05, 3.63) is 59.7 Å². The molecule has 0 saturated carbocycles. The van der Waals surface area contributed by atoms with Crippen molar-refractivity contribution in [1.82, 2.24) is 0 Å². The number of rotatable bonds is 7. The van der Waals surface area contributed by atoms with Gasteiger partial charge < -0.3 is 14.9 Å². The highest BCUT2D eigenvalue weighted by atomic mass is 16.5. The molecule has 118 valence electrons. The number of nitrogens with zero attached hydrogens (tertiary/aromatic N) is 1. The summed E-state index contributed by atoms with van der Waals surface area (Å²) in [6.07, 6.45) is 1.46. The van der Waals surface area contributed by atoms with E-state index < -0.39 is 18.5 Å². The van der Waals surface area contributed by atoms with Gasteiger partial charge in [0.25, 0.3) is 0 Å². The lowest BCUT2D eigenvalue weighted by Crippen LogP contribution is -2.10. The highest BCUT2D eigenvalue weighted by molar-refractivity contribution is 5.89. The summed E-state index contributed by atoms with van der Waals surface area (Å²) in [6.45, 7) is -0.445. The summed E-state index contributed by atoms with van der Waals surface area (Å²) in [7, 11) is 0. The summed E-state index contributed by atoms with van der Waals surface area (Å²) in [5, 5.41) is 21.6. The van der Waals surface area contributed by atoms with Crippen LogP contribution in [0.3, 0.4) is 0 Å². The number of aliphatic carboxylic acids is 1. The van der Waals surface area contributed by atoms with E-state index in [9.17, 15) is 9.59 Å². The van der Waals surface area contributed by atoms with Gasteiger partial charge in [0.15, 0.2) is 6.61 Å². The van der Waals surface area contributed by atoms with Gasteiger partial charge in [-0.1, -0.05) is 18.2 Å². The molecule has 23 heavy (non-hydrogen) atoms. The molecule has 2 aromatic rings. The van der Waals surface area contributed by atoms with Crippen LogP contribution in [0.15, 0.2) is 53.6 Å². The molecule has 3 N–H and O–H groups in total. The maximum absolute atomic E-state index is 10.9. The predicted molar refractivity (Wildman–Crippen MR) is 84.2 cm³/mol. The van der Waals surface area contributed by atoms with Crippen LogP contribution in [0, 0.1) is 0 Å². The SMILES string of the molecule is O=C(O)COc1ccccc1/C=N/Nc1cccc(C(=O)O)c1. The molecule has 0 heterocycles. The molecular weight excluding hydrogens is 300 g/mol. The molecule has 0 unspecified atom stereocenters. The first-order valence-electron chi connectivity index (χ1n) is 6.62. The van der Waals surface area contributed by atoms with Gasteiger partial charge in [0.05, 0.1) is 17.5 Å². The van der Waals surface area contributed by atoms with E-state index in [4.69, 9.17) is 14.9 Å². The van der Waals surface area contributed by atoms with Gasteiger partial charge in [-0.15, -0.1) is 0 Å². The van der Waals surface area contributed by atoms with E-state index in [1.54, 1.807) is 36.4 Å². The van der Waals surface area contributed by atoms with E-state index in [1.165, 1.54) is 18.3 Å². The number of ether oxygens (including phenoxy) is 1. The average Bonchev–Trinajstić information content (AvgIpc) is 2.54. The third kappa shape index (κ3) is 4.85. The van der Waals surface area contributed by atoms with Gasteiger partial charge in [0.2, 0.25) is 0 Å². The highest BCUT2D eigenvalue weighted by Gasteiger charge is 2.04.